The van der Waals surface area contributed by atoms with Crippen molar-refractivity contribution in [3.8, 4) is 0 Å². The summed E-state index contributed by atoms with van der Waals surface area (Å²) in [5, 5.41) is 4.07. The van der Waals surface area contributed by atoms with E-state index in [1.807, 2.05) is 0 Å². The van der Waals surface area contributed by atoms with Gasteiger partial charge in [-0.1, -0.05) is 25.4 Å². The number of nitrogens with two attached hydrogens (primary N) is 1. The van der Waals surface area contributed by atoms with E-state index in [1.54, 1.807) is 0 Å². The van der Waals surface area contributed by atoms with Gasteiger partial charge in [-0.2, -0.15) is 4.98 Å². The molecule has 0 aromatic carbocycles. The molecule has 0 radical (unpaired) electrons. The first-order chi connectivity index (χ1) is 9.72. The zero-order chi connectivity index (χ0) is 14.4. The number of aromatic nitrogens is 2. The predicted molar refractivity (Wildman–Crippen MR) is 79.2 cm³/mol. The maximum Gasteiger partial charge on any atom is 0.240 e. The molecule has 1 aromatic heterocycles. The molecule has 1 fully saturated rings. The molecule has 1 aliphatic carbocycles. The van der Waals surface area contributed by atoms with Gasteiger partial charge >= 0.3 is 0 Å². The van der Waals surface area contributed by atoms with Gasteiger partial charge in [-0.25, -0.2) is 0 Å². The highest BCUT2D eigenvalue weighted by Crippen LogP contribution is 2.23. The zero-order valence-electron chi connectivity index (χ0n) is 12.8. The van der Waals surface area contributed by atoms with Crippen LogP contribution in [0.25, 0.3) is 0 Å². The molecule has 5 heteroatoms. The van der Waals surface area contributed by atoms with Crippen LogP contribution in [0.5, 0.6) is 0 Å². The SMILES string of the molecule is CCCCc1noc(CN(CC)C2CCC(N)CC2)n1. The molecule has 0 bridgehead atoms. The molecule has 20 heavy (non-hydrogen) atoms. The Labute approximate surface area is 121 Å². The van der Waals surface area contributed by atoms with Crippen molar-refractivity contribution in [2.45, 2.75) is 77.4 Å². The summed E-state index contributed by atoms with van der Waals surface area (Å²) in [5.41, 5.74) is 5.98. The maximum atomic E-state index is 5.98. The van der Waals surface area contributed by atoms with Gasteiger partial charge in [-0.15, -0.1) is 0 Å². The van der Waals surface area contributed by atoms with Gasteiger partial charge in [0.1, 0.15) is 0 Å². The van der Waals surface area contributed by atoms with Gasteiger partial charge in [0.05, 0.1) is 6.54 Å². The Morgan fingerprint density at radius 3 is 2.65 bits per heavy atom. The van der Waals surface area contributed by atoms with E-state index in [4.69, 9.17) is 10.3 Å². The first-order valence-corrected chi connectivity index (χ1v) is 8.04. The Bertz CT molecular complexity index is 385. The molecule has 0 atom stereocenters. The van der Waals surface area contributed by atoms with Gasteiger partial charge in [-0.3, -0.25) is 4.90 Å². The summed E-state index contributed by atoms with van der Waals surface area (Å²) >= 11 is 0. The molecule has 0 spiro atoms. The van der Waals surface area contributed by atoms with Gasteiger partial charge in [0, 0.05) is 18.5 Å². The molecule has 1 saturated carbocycles. The minimum absolute atomic E-state index is 0.397. The van der Waals surface area contributed by atoms with E-state index in [9.17, 15) is 0 Å². The molecule has 0 saturated heterocycles. The second-order valence-electron chi connectivity index (χ2n) is 5.84. The number of hydrogen-bond acceptors (Lipinski definition) is 5. The van der Waals surface area contributed by atoms with E-state index in [-0.39, 0.29) is 0 Å². The topological polar surface area (TPSA) is 68.2 Å². The van der Waals surface area contributed by atoms with Gasteiger partial charge in [-0.05, 0) is 38.6 Å². The van der Waals surface area contributed by atoms with Crippen molar-refractivity contribution < 1.29 is 4.52 Å². The molecule has 0 amide bonds. The quantitative estimate of drug-likeness (QED) is 0.831. The van der Waals surface area contributed by atoms with Gasteiger partial charge in [0.15, 0.2) is 5.82 Å². The van der Waals surface area contributed by atoms with Crippen molar-refractivity contribution in [3.05, 3.63) is 11.7 Å². The van der Waals surface area contributed by atoms with Crippen LogP contribution in [0.1, 0.15) is 64.1 Å². The van der Waals surface area contributed by atoms with Crippen LogP contribution < -0.4 is 5.73 Å². The number of hydrogen-bond donors (Lipinski definition) is 1. The first-order valence-electron chi connectivity index (χ1n) is 8.04. The van der Waals surface area contributed by atoms with E-state index in [0.29, 0.717) is 12.1 Å². The highest BCUT2D eigenvalue weighted by Gasteiger charge is 2.24. The zero-order valence-corrected chi connectivity index (χ0v) is 12.8. The van der Waals surface area contributed by atoms with Crippen LogP contribution >= 0.6 is 0 Å². The lowest BCUT2D eigenvalue weighted by molar-refractivity contribution is 0.133. The van der Waals surface area contributed by atoms with E-state index in [0.717, 1.165) is 56.9 Å². The fraction of sp³-hybridized carbons (Fsp3) is 0.867. The molecule has 5 nitrogen and oxygen atoms in total. The van der Waals surface area contributed by atoms with Crippen LogP contribution in [0, 0.1) is 0 Å². The second kappa shape index (κ2) is 7.74. The maximum absolute atomic E-state index is 5.98. The third kappa shape index (κ3) is 4.28. The van der Waals surface area contributed by atoms with E-state index < -0.39 is 0 Å². The molecule has 1 aromatic rings. The predicted octanol–water partition coefficient (Wildman–Crippen LogP) is 2.50. The Balaban J connectivity index is 1.87. The summed E-state index contributed by atoms with van der Waals surface area (Å²) in [6.45, 7) is 6.17. The number of rotatable bonds is 7. The van der Waals surface area contributed by atoms with Gasteiger partial charge < -0.3 is 10.3 Å². The summed E-state index contributed by atoms with van der Waals surface area (Å²) in [6, 6.07) is 1.01. The molecule has 1 heterocycles. The van der Waals surface area contributed by atoms with Crippen molar-refractivity contribution in [2.75, 3.05) is 6.54 Å². The van der Waals surface area contributed by atoms with E-state index in [2.05, 4.69) is 28.9 Å². The lowest BCUT2D eigenvalue weighted by Gasteiger charge is -2.34. The lowest BCUT2D eigenvalue weighted by atomic mass is 9.91. The molecule has 0 aliphatic heterocycles. The Morgan fingerprint density at radius 2 is 2.00 bits per heavy atom. The smallest absolute Gasteiger partial charge is 0.240 e. The standard InChI is InChI=1S/C15H28N4O/c1-3-5-6-14-17-15(20-18-14)11-19(4-2)13-9-7-12(16)8-10-13/h12-13H,3-11,16H2,1-2H3. The highest BCUT2D eigenvalue weighted by atomic mass is 16.5. The van der Waals surface area contributed by atoms with Crippen molar-refractivity contribution in [1.82, 2.24) is 15.0 Å². The Hall–Kier alpha value is -0.940. The molecule has 114 valence electrons. The largest absolute Gasteiger partial charge is 0.338 e. The Morgan fingerprint density at radius 1 is 1.25 bits per heavy atom. The fourth-order valence-corrected chi connectivity index (χ4v) is 2.93. The van der Waals surface area contributed by atoms with Crippen LogP contribution in [0.2, 0.25) is 0 Å². The fourth-order valence-electron chi connectivity index (χ4n) is 2.93. The van der Waals surface area contributed by atoms with Crippen LogP contribution in [0.4, 0.5) is 0 Å². The molecule has 1 aliphatic rings. The minimum Gasteiger partial charge on any atom is -0.338 e. The summed E-state index contributed by atoms with van der Waals surface area (Å²) in [4.78, 5) is 6.95. The van der Waals surface area contributed by atoms with Crippen LogP contribution in [-0.2, 0) is 13.0 Å². The lowest BCUT2D eigenvalue weighted by Crippen LogP contribution is -2.40. The number of unbranched alkanes of at least 4 members (excludes halogenated alkanes) is 1. The number of nitrogens with zero attached hydrogens (tertiary/aromatic N) is 3. The molecular formula is C15H28N4O. The third-order valence-electron chi connectivity index (χ3n) is 4.27. The van der Waals surface area contributed by atoms with Crippen LogP contribution in [0.15, 0.2) is 4.52 Å². The normalized spacial score (nSPS) is 23.4. The molecular weight excluding hydrogens is 252 g/mol. The summed E-state index contributed by atoms with van der Waals surface area (Å²) in [7, 11) is 0. The molecule has 2 N–H and O–H groups in total. The summed E-state index contributed by atoms with van der Waals surface area (Å²) < 4.78 is 5.38. The van der Waals surface area contributed by atoms with Gasteiger partial charge in [0.25, 0.3) is 0 Å². The Kier molecular flexibility index (Phi) is 5.98. The monoisotopic (exact) mass is 280 g/mol. The molecule has 2 rings (SSSR count). The van der Waals surface area contributed by atoms with E-state index >= 15 is 0 Å². The second-order valence-corrected chi connectivity index (χ2v) is 5.84. The summed E-state index contributed by atoms with van der Waals surface area (Å²) in [5.74, 6) is 1.61. The van der Waals surface area contributed by atoms with Crippen molar-refractivity contribution >= 4 is 0 Å². The van der Waals surface area contributed by atoms with Gasteiger partial charge in [0.2, 0.25) is 5.89 Å². The average molecular weight is 280 g/mol. The van der Waals surface area contributed by atoms with Crippen LogP contribution in [-0.4, -0.2) is 33.7 Å². The van der Waals surface area contributed by atoms with Crippen molar-refractivity contribution in [2.24, 2.45) is 5.73 Å². The first kappa shape index (κ1) is 15.4. The van der Waals surface area contributed by atoms with Crippen molar-refractivity contribution in [1.29, 1.82) is 0 Å². The summed E-state index contributed by atoms with van der Waals surface area (Å²) in [6.07, 6.45) is 7.84. The van der Waals surface area contributed by atoms with E-state index in [1.165, 1.54) is 12.8 Å². The van der Waals surface area contributed by atoms with Crippen molar-refractivity contribution in [3.63, 3.8) is 0 Å². The molecule has 0 unspecified atom stereocenters. The highest BCUT2D eigenvalue weighted by molar-refractivity contribution is 4.89. The van der Waals surface area contributed by atoms with Crippen LogP contribution in [0.3, 0.4) is 0 Å². The third-order valence-corrected chi connectivity index (χ3v) is 4.27. The number of aryl methyl sites for hydroxylation is 1. The minimum atomic E-state index is 0.397. The average Bonchev–Trinajstić information content (AvgIpc) is 2.91.